The van der Waals surface area contributed by atoms with Gasteiger partial charge in [-0.25, -0.2) is 0 Å². The second kappa shape index (κ2) is 9.29. The number of methoxy groups -OCH3 is 1. The van der Waals surface area contributed by atoms with Crippen molar-refractivity contribution in [1.29, 1.82) is 0 Å². The van der Waals surface area contributed by atoms with Gasteiger partial charge in [0.1, 0.15) is 5.52 Å². The minimum absolute atomic E-state index is 0.273. The molecule has 0 spiro atoms. The summed E-state index contributed by atoms with van der Waals surface area (Å²) in [6.45, 7) is 1.31. The van der Waals surface area contributed by atoms with Gasteiger partial charge in [0.2, 0.25) is 0 Å². The van der Waals surface area contributed by atoms with Gasteiger partial charge < -0.3 is 14.6 Å². The van der Waals surface area contributed by atoms with Crippen LogP contribution in [0.25, 0.3) is 22.2 Å². The van der Waals surface area contributed by atoms with E-state index in [4.69, 9.17) is 21.5 Å². The first kappa shape index (κ1) is 19.8. The smallest absolute Gasteiger partial charge is 0.269 e. The van der Waals surface area contributed by atoms with Crippen LogP contribution in [0.2, 0.25) is 0 Å². The summed E-state index contributed by atoms with van der Waals surface area (Å²) >= 11 is 5.28. The van der Waals surface area contributed by atoms with Crippen LogP contribution < -0.4 is 10.7 Å². The number of nitrogens with zero attached hydrogens (tertiary/aromatic N) is 2. The number of nitrogens with one attached hydrogen (secondary N) is 2. The summed E-state index contributed by atoms with van der Waals surface area (Å²) in [5.74, 6) is 0.361. The highest BCUT2D eigenvalue weighted by Crippen LogP contribution is 2.29. The SMILES string of the molecule is COCCCNC(=S)N(C)NC(=O)c1ccc2noc(-c3ccccc3)c2c1. The van der Waals surface area contributed by atoms with Crippen LogP contribution in [0.3, 0.4) is 0 Å². The molecule has 0 bridgehead atoms. The zero-order chi connectivity index (χ0) is 19.9. The molecule has 0 radical (unpaired) electrons. The maximum Gasteiger partial charge on any atom is 0.269 e. The maximum atomic E-state index is 12.6. The van der Waals surface area contributed by atoms with Crippen LogP contribution in [-0.2, 0) is 4.74 Å². The molecule has 0 saturated carbocycles. The van der Waals surface area contributed by atoms with Crippen LogP contribution >= 0.6 is 12.2 Å². The fourth-order valence-corrected chi connectivity index (χ4v) is 2.83. The number of aromatic nitrogens is 1. The first-order chi connectivity index (χ1) is 13.6. The Morgan fingerprint density at radius 2 is 2.04 bits per heavy atom. The van der Waals surface area contributed by atoms with Crippen molar-refractivity contribution in [3.05, 3.63) is 54.1 Å². The van der Waals surface area contributed by atoms with Gasteiger partial charge >= 0.3 is 0 Å². The lowest BCUT2D eigenvalue weighted by atomic mass is 10.1. The molecule has 1 aromatic heterocycles. The minimum Gasteiger partial charge on any atom is -0.385 e. The summed E-state index contributed by atoms with van der Waals surface area (Å²) < 4.78 is 10.5. The zero-order valence-corrected chi connectivity index (χ0v) is 16.6. The lowest BCUT2D eigenvalue weighted by Gasteiger charge is -2.21. The van der Waals surface area contributed by atoms with Gasteiger partial charge in [-0.05, 0) is 36.8 Å². The Bertz CT molecular complexity index is 958. The van der Waals surface area contributed by atoms with Gasteiger partial charge in [0, 0.05) is 38.4 Å². The molecule has 8 heteroatoms. The minimum atomic E-state index is -0.273. The first-order valence-electron chi connectivity index (χ1n) is 8.86. The van der Waals surface area contributed by atoms with E-state index in [9.17, 15) is 4.79 Å². The average Bonchev–Trinajstić information content (AvgIpc) is 3.14. The Morgan fingerprint density at radius 1 is 1.25 bits per heavy atom. The first-order valence-corrected chi connectivity index (χ1v) is 9.27. The highest BCUT2D eigenvalue weighted by atomic mass is 32.1. The molecular formula is C20H22N4O3S. The molecule has 7 nitrogen and oxygen atoms in total. The number of thiocarbonyl (C=S) groups is 1. The van der Waals surface area contributed by atoms with E-state index in [0.29, 0.717) is 35.1 Å². The largest absolute Gasteiger partial charge is 0.385 e. The Hall–Kier alpha value is -2.97. The number of benzene rings is 2. The molecule has 0 aliphatic rings. The molecule has 0 unspecified atom stereocenters. The number of carbonyl (C=O) groups is 1. The van der Waals surface area contributed by atoms with Crippen molar-refractivity contribution >= 4 is 34.1 Å². The summed E-state index contributed by atoms with van der Waals surface area (Å²) in [6.07, 6.45) is 0.824. The van der Waals surface area contributed by atoms with Crippen molar-refractivity contribution in [2.75, 3.05) is 27.3 Å². The summed E-state index contributed by atoms with van der Waals surface area (Å²) in [4.78, 5) is 12.6. The topological polar surface area (TPSA) is 79.6 Å². The Balaban J connectivity index is 1.71. The standard InChI is InChI=1S/C20H22N4O3S/c1-24(20(28)21-11-6-12-26-2)22-19(25)15-9-10-17-16(13-15)18(27-23-17)14-7-4-3-5-8-14/h3-5,7-10,13H,6,11-12H2,1-2H3,(H,21,28)(H,22,25). The summed E-state index contributed by atoms with van der Waals surface area (Å²) in [5, 5.41) is 9.84. The van der Waals surface area contributed by atoms with Crippen molar-refractivity contribution < 1.29 is 14.1 Å². The van der Waals surface area contributed by atoms with E-state index < -0.39 is 0 Å². The molecule has 0 aliphatic carbocycles. The van der Waals surface area contributed by atoms with E-state index in [1.54, 1.807) is 32.4 Å². The second-order valence-corrected chi connectivity index (χ2v) is 6.57. The summed E-state index contributed by atoms with van der Waals surface area (Å²) in [7, 11) is 3.34. The normalized spacial score (nSPS) is 10.6. The predicted octanol–water partition coefficient (Wildman–Crippen LogP) is 2.98. The second-order valence-electron chi connectivity index (χ2n) is 6.19. The fourth-order valence-electron chi connectivity index (χ4n) is 2.68. The molecule has 146 valence electrons. The molecule has 1 amide bonds. The summed E-state index contributed by atoms with van der Waals surface area (Å²) in [6, 6.07) is 14.9. The van der Waals surface area contributed by atoms with E-state index in [-0.39, 0.29) is 5.91 Å². The van der Waals surface area contributed by atoms with Crippen LogP contribution in [0, 0.1) is 0 Å². The van der Waals surface area contributed by atoms with Crippen molar-refractivity contribution in [3.63, 3.8) is 0 Å². The average molecular weight is 398 g/mol. The fraction of sp³-hybridized carbons (Fsp3) is 0.250. The van der Waals surface area contributed by atoms with Crippen molar-refractivity contribution in [2.24, 2.45) is 0 Å². The van der Waals surface area contributed by atoms with Gasteiger partial charge in [-0.1, -0.05) is 35.5 Å². The van der Waals surface area contributed by atoms with Crippen molar-refractivity contribution in [1.82, 2.24) is 20.9 Å². The van der Waals surface area contributed by atoms with Gasteiger partial charge in [0.15, 0.2) is 10.9 Å². The third kappa shape index (κ3) is 4.65. The maximum absolute atomic E-state index is 12.6. The number of amides is 1. The molecule has 0 saturated heterocycles. The molecule has 2 aromatic carbocycles. The predicted molar refractivity (Wildman–Crippen MR) is 112 cm³/mol. The number of rotatable bonds is 6. The van der Waals surface area contributed by atoms with E-state index in [0.717, 1.165) is 17.4 Å². The van der Waals surface area contributed by atoms with E-state index in [1.165, 1.54) is 5.01 Å². The van der Waals surface area contributed by atoms with Crippen molar-refractivity contribution in [2.45, 2.75) is 6.42 Å². The number of hydrazine groups is 1. The van der Waals surface area contributed by atoms with Crippen LogP contribution in [0.5, 0.6) is 0 Å². The molecule has 3 rings (SSSR count). The lowest BCUT2D eigenvalue weighted by molar-refractivity contribution is 0.0886. The molecule has 1 heterocycles. The Kier molecular flexibility index (Phi) is 6.57. The van der Waals surface area contributed by atoms with Crippen LogP contribution in [0.1, 0.15) is 16.8 Å². The molecule has 3 aromatic rings. The number of hydrogen-bond donors (Lipinski definition) is 2. The number of hydrogen-bond acceptors (Lipinski definition) is 5. The third-order valence-electron chi connectivity index (χ3n) is 4.15. The zero-order valence-electron chi connectivity index (χ0n) is 15.8. The molecule has 28 heavy (non-hydrogen) atoms. The highest BCUT2D eigenvalue weighted by molar-refractivity contribution is 7.80. The molecular weight excluding hydrogens is 376 g/mol. The molecule has 2 N–H and O–H groups in total. The van der Waals surface area contributed by atoms with Crippen LogP contribution in [0.4, 0.5) is 0 Å². The molecule has 0 fully saturated rings. The Morgan fingerprint density at radius 3 is 2.79 bits per heavy atom. The van der Waals surface area contributed by atoms with E-state index in [1.807, 2.05) is 30.3 Å². The number of ether oxygens (including phenoxy) is 1. The van der Waals surface area contributed by atoms with Gasteiger partial charge in [0.05, 0.1) is 5.39 Å². The number of fused-ring (bicyclic) bond motifs is 1. The molecule has 0 aliphatic heterocycles. The van der Waals surface area contributed by atoms with Gasteiger partial charge in [-0.15, -0.1) is 0 Å². The highest BCUT2D eigenvalue weighted by Gasteiger charge is 2.15. The van der Waals surface area contributed by atoms with E-state index >= 15 is 0 Å². The van der Waals surface area contributed by atoms with Crippen LogP contribution in [-0.4, -0.2) is 48.5 Å². The van der Waals surface area contributed by atoms with Gasteiger partial charge in [0.25, 0.3) is 5.91 Å². The Labute approximate surface area is 168 Å². The summed E-state index contributed by atoms with van der Waals surface area (Å²) in [5.41, 5.74) is 4.85. The van der Waals surface area contributed by atoms with Gasteiger partial charge in [-0.3, -0.25) is 15.2 Å². The van der Waals surface area contributed by atoms with Crippen molar-refractivity contribution in [3.8, 4) is 11.3 Å². The molecule has 0 atom stereocenters. The van der Waals surface area contributed by atoms with E-state index in [2.05, 4.69) is 15.9 Å². The monoisotopic (exact) mass is 398 g/mol. The quantitative estimate of drug-likeness (QED) is 0.375. The number of carbonyl (C=O) groups excluding carboxylic acids is 1. The van der Waals surface area contributed by atoms with Crippen LogP contribution in [0.15, 0.2) is 53.1 Å². The third-order valence-corrected chi connectivity index (χ3v) is 4.57. The van der Waals surface area contributed by atoms with Gasteiger partial charge in [-0.2, -0.15) is 0 Å². The lowest BCUT2D eigenvalue weighted by Crippen LogP contribution is -2.48.